The van der Waals surface area contributed by atoms with Gasteiger partial charge >= 0.3 is 0 Å². The number of rotatable bonds is 7. The van der Waals surface area contributed by atoms with E-state index in [-0.39, 0.29) is 58.1 Å². The highest BCUT2D eigenvalue weighted by molar-refractivity contribution is 6.13. The van der Waals surface area contributed by atoms with Crippen LogP contribution < -0.4 is 0 Å². The zero-order chi connectivity index (χ0) is 48.8. The molecule has 0 aliphatic heterocycles. The summed E-state index contributed by atoms with van der Waals surface area (Å²) in [5.74, 6) is 1.71. The van der Waals surface area contributed by atoms with E-state index in [0.717, 1.165) is 71.6 Å². The van der Waals surface area contributed by atoms with Gasteiger partial charge in [0.05, 0.1) is 24.9 Å². The third-order valence-corrected chi connectivity index (χ3v) is 12.4. The van der Waals surface area contributed by atoms with E-state index in [9.17, 15) is 2.74 Å². The minimum Gasteiger partial charge on any atom is -0.455 e. The van der Waals surface area contributed by atoms with Crippen molar-refractivity contribution in [1.29, 1.82) is 0 Å². The molecular weight excluding hydrogens is 805 g/mol. The number of nitrogens with zero attached hydrogens (tertiary/aromatic N) is 4. The molecule has 0 N–H and O–H groups in total. The van der Waals surface area contributed by atoms with E-state index in [2.05, 4.69) is 42.5 Å². The van der Waals surface area contributed by atoms with E-state index in [0.29, 0.717) is 34.3 Å². The second-order valence-electron chi connectivity index (χ2n) is 16.3. The molecule has 0 atom stereocenters. The highest BCUT2D eigenvalue weighted by atomic mass is 16.3. The van der Waals surface area contributed by atoms with Crippen molar-refractivity contribution in [2.24, 2.45) is 0 Å². The fraction of sp³-hybridized carbons (Fsp3) is 0. The topological polar surface area (TPSA) is 56.7 Å². The Morgan fingerprint density at radius 2 is 0.939 bits per heavy atom. The molecule has 0 radical (unpaired) electrons. The fourth-order valence-electron chi connectivity index (χ4n) is 9.32. The monoisotopic (exact) mass is 848 g/mol. The van der Waals surface area contributed by atoms with Crippen molar-refractivity contribution in [2.75, 3.05) is 0 Å². The summed E-state index contributed by atoms with van der Waals surface area (Å²) in [5.41, 5.74) is 10.4. The highest BCUT2D eigenvalue weighted by Crippen LogP contribution is 2.44. The van der Waals surface area contributed by atoms with Crippen LogP contribution in [0.5, 0.6) is 0 Å². The Morgan fingerprint density at radius 1 is 0.364 bits per heavy atom. The average molecular weight is 849 g/mol. The Balaban J connectivity index is 1.05. The number of benzene rings is 10. The second kappa shape index (κ2) is 15.4. The molecule has 0 aliphatic rings. The molecule has 0 fully saturated rings. The molecule has 308 valence electrons. The van der Waals surface area contributed by atoms with Gasteiger partial charge in [0.1, 0.15) is 11.2 Å². The molecule has 0 bridgehead atoms. The van der Waals surface area contributed by atoms with Crippen molar-refractivity contribution in [3.05, 3.63) is 230 Å². The summed E-state index contributed by atoms with van der Waals surface area (Å²) in [5, 5.41) is 4.32. The number of aromatic nitrogens is 4. The third-order valence-electron chi connectivity index (χ3n) is 12.4. The lowest BCUT2D eigenvalue weighted by Gasteiger charge is -2.18. The SMILES string of the molecule is [2H]c1cc([2H])c2c(c1[2H])c1c([2H])c([2H])cc([2H])c1n2-c1ccc(-c2cc(-c3cccc(-c4nc(-c5ccccc5)nc(-c5ccccc5)n4)c3)cc3ccccc23)cc1-c1cccc2c1oc1ccccc12. The van der Waals surface area contributed by atoms with Crippen LogP contribution in [0.3, 0.4) is 0 Å². The van der Waals surface area contributed by atoms with Gasteiger partial charge in [0, 0.05) is 49.4 Å². The summed E-state index contributed by atoms with van der Waals surface area (Å²) < 4.78 is 62.6. The van der Waals surface area contributed by atoms with Gasteiger partial charge in [0.15, 0.2) is 17.5 Å². The zero-order valence-electron chi connectivity index (χ0n) is 41.2. The highest BCUT2D eigenvalue weighted by Gasteiger charge is 2.21. The molecule has 0 amide bonds. The van der Waals surface area contributed by atoms with Gasteiger partial charge in [-0.3, -0.25) is 0 Å². The van der Waals surface area contributed by atoms with Crippen molar-refractivity contribution in [3.63, 3.8) is 0 Å². The molecule has 0 unspecified atom stereocenters. The Kier molecular flexibility index (Phi) is 7.43. The Hall–Kier alpha value is -8.93. The van der Waals surface area contributed by atoms with Crippen molar-refractivity contribution in [1.82, 2.24) is 19.5 Å². The lowest BCUT2D eigenvalue weighted by Crippen LogP contribution is -2.00. The number of hydrogen-bond acceptors (Lipinski definition) is 4. The molecule has 0 saturated heterocycles. The van der Waals surface area contributed by atoms with Gasteiger partial charge in [-0.05, 0) is 81.5 Å². The van der Waals surface area contributed by atoms with Crippen LogP contribution >= 0.6 is 0 Å². The number of hydrogen-bond donors (Lipinski definition) is 0. The number of fused-ring (bicyclic) bond motifs is 7. The Morgan fingerprint density at radius 3 is 1.67 bits per heavy atom. The summed E-state index contributed by atoms with van der Waals surface area (Å²) >= 11 is 0. The van der Waals surface area contributed by atoms with Gasteiger partial charge in [-0.2, -0.15) is 0 Å². The van der Waals surface area contributed by atoms with E-state index in [1.165, 1.54) is 12.1 Å². The maximum atomic E-state index is 9.32. The molecule has 0 spiro atoms. The summed E-state index contributed by atoms with van der Waals surface area (Å²) in [6.45, 7) is 0. The lowest BCUT2D eigenvalue weighted by molar-refractivity contribution is 0.670. The van der Waals surface area contributed by atoms with Gasteiger partial charge in [-0.15, -0.1) is 0 Å². The smallest absolute Gasteiger partial charge is 0.164 e. The lowest BCUT2D eigenvalue weighted by atomic mass is 9.90. The second-order valence-corrected chi connectivity index (χ2v) is 16.3. The molecule has 5 nitrogen and oxygen atoms in total. The largest absolute Gasteiger partial charge is 0.455 e. The molecule has 3 aromatic heterocycles. The van der Waals surface area contributed by atoms with Crippen LogP contribution in [0.2, 0.25) is 0 Å². The standard InChI is InChI=1S/C61H38N4O/c1-3-17-39(18-4-1)59-62-60(40-19-5-2-6-20-40)64-61(63-59)44-23-15-22-41(35-44)45-36-42-21-7-8-24-46(42)52(38-45)43-33-34-56(65-54-30-12-9-25-47(54)48-26-10-13-31-55(48)65)53(37-43)51-29-16-28-50-49-27-11-14-32-57(49)66-58(50)51/h1-38H/i9D,10D,25D,26D,30D,31D. The maximum Gasteiger partial charge on any atom is 0.164 e. The molecule has 5 heteroatoms. The van der Waals surface area contributed by atoms with Crippen LogP contribution in [0.1, 0.15) is 8.22 Å². The van der Waals surface area contributed by atoms with E-state index in [4.69, 9.17) is 24.9 Å². The zero-order valence-corrected chi connectivity index (χ0v) is 35.2. The molecule has 66 heavy (non-hydrogen) atoms. The summed E-state index contributed by atoms with van der Waals surface area (Å²) in [6, 6.07) is 62.8. The first kappa shape index (κ1) is 31.8. The van der Waals surface area contributed by atoms with Gasteiger partial charge in [-0.1, -0.05) is 182 Å². The third kappa shape index (κ3) is 6.28. The molecule has 3 heterocycles. The number of para-hydroxylation sites is 4. The normalized spacial score (nSPS) is 12.9. The van der Waals surface area contributed by atoms with Crippen LogP contribution in [0.25, 0.3) is 128 Å². The predicted molar refractivity (Wildman–Crippen MR) is 272 cm³/mol. The molecular formula is C61H38N4O. The minimum absolute atomic E-state index is 0.0322. The first-order valence-corrected chi connectivity index (χ1v) is 21.8. The van der Waals surface area contributed by atoms with Crippen LogP contribution in [0.4, 0.5) is 0 Å². The van der Waals surface area contributed by atoms with Gasteiger partial charge in [-0.25, -0.2) is 15.0 Å². The van der Waals surface area contributed by atoms with Crippen molar-refractivity contribution in [3.8, 4) is 73.2 Å². The van der Waals surface area contributed by atoms with Crippen molar-refractivity contribution >= 4 is 54.5 Å². The first-order valence-electron chi connectivity index (χ1n) is 24.8. The minimum atomic E-state index is -0.171. The summed E-state index contributed by atoms with van der Waals surface area (Å²) in [4.78, 5) is 15.0. The van der Waals surface area contributed by atoms with Crippen LogP contribution in [0, 0.1) is 0 Å². The van der Waals surface area contributed by atoms with Crippen LogP contribution in [0.15, 0.2) is 235 Å². The van der Waals surface area contributed by atoms with E-state index in [1.54, 1.807) is 4.57 Å². The Bertz CT molecular complexity index is 4230. The molecule has 0 saturated carbocycles. The molecule has 13 aromatic rings. The van der Waals surface area contributed by atoms with Crippen LogP contribution in [-0.4, -0.2) is 19.5 Å². The van der Waals surface area contributed by atoms with Crippen molar-refractivity contribution < 1.29 is 12.6 Å². The average Bonchev–Trinajstić information content (AvgIpc) is 4.00. The van der Waals surface area contributed by atoms with E-state index < -0.39 is 0 Å². The van der Waals surface area contributed by atoms with Gasteiger partial charge < -0.3 is 8.98 Å². The predicted octanol–water partition coefficient (Wildman–Crippen LogP) is 16.0. The van der Waals surface area contributed by atoms with E-state index >= 15 is 0 Å². The number of furan rings is 1. The maximum absolute atomic E-state index is 9.32. The van der Waals surface area contributed by atoms with Crippen LogP contribution in [-0.2, 0) is 0 Å². The van der Waals surface area contributed by atoms with Crippen molar-refractivity contribution in [2.45, 2.75) is 0 Å². The molecule has 0 aliphatic carbocycles. The summed E-state index contributed by atoms with van der Waals surface area (Å²) in [7, 11) is 0. The first-order chi connectivity index (χ1) is 35.2. The Labute approximate surface area is 389 Å². The quantitative estimate of drug-likeness (QED) is 0.160. The van der Waals surface area contributed by atoms with Gasteiger partial charge in [0.25, 0.3) is 0 Å². The fourth-order valence-corrected chi connectivity index (χ4v) is 9.32. The van der Waals surface area contributed by atoms with E-state index in [1.807, 2.05) is 140 Å². The van der Waals surface area contributed by atoms with Gasteiger partial charge in [0.2, 0.25) is 0 Å². The molecule has 13 rings (SSSR count). The summed E-state index contributed by atoms with van der Waals surface area (Å²) in [6.07, 6.45) is 0. The molecule has 10 aromatic carbocycles.